The summed E-state index contributed by atoms with van der Waals surface area (Å²) in [6.07, 6.45) is 12.7. The maximum absolute atomic E-state index is 13.4. The van der Waals surface area contributed by atoms with Gasteiger partial charge in [-0.3, -0.25) is 9.59 Å². The van der Waals surface area contributed by atoms with Crippen molar-refractivity contribution >= 4 is 11.8 Å². The summed E-state index contributed by atoms with van der Waals surface area (Å²) in [6, 6.07) is 0. The van der Waals surface area contributed by atoms with Crippen molar-refractivity contribution in [2.45, 2.75) is 146 Å². The molecule has 0 aromatic carbocycles. The zero-order valence-electron chi connectivity index (χ0n) is 25.8. The highest BCUT2D eigenvalue weighted by atomic mass is 16.4. The standard InChI is InChI=1S/C29H50O3.2C2H6/c1-7-9-21-18-25(30)29(6,17-15-26(31)32)24-14-16-28(5)22(12-13-23(28)27(21)24)20(4)11-8-10-19(2)3;2*1-2/h19-24,27H,7-18H2,1-6H3,(H,31,32);2*1-2H3/t20?,21?,22?,23?,24?,27?,28-,29-;;/m1../s1. The Bertz CT molecular complexity index is 670. The maximum Gasteiger partial charge on any atom is 0.303 e. The number of rotatable bonds is 10. The number of fused-ring (bicyclic) bond motifs is 3. The van der Waals surface area contributed by atoms with E-state index in [-0.39, 0.29) is 6.42 Å². The predicted molar refractivity (Wildman–Crippen MR) is 154 cm³/mol. The Morgan fingerprint density at radius 1 is 1.00 bits per heavy atom. The van der Waals surface area contributed by atoms with Crippen LogP contribution in [0.2, 0.25) is 0 Å². The smallest absolute Gasteiger partial charge is 0.303 e. The molecule has 0 spiro atoms. The molecular weight excluding hydrogens is 444 g/mol. The van der Waals surface area contributed by atoms with Gasteiger partial charge in [0.1, 0.15) is 5.78 Å². The highest BCUT2D eigenvalue weighted by molar-refractivity contribution is 5.86. The normalized spacial score (nSPS) is 36.1. The third kappa shape index (κ3) is 7.16. The Morgan fingerprint density at radius 2 is 1.64 bits per heavy atom. The van der Waals surface area contributed by atoms with Crippen molar-refractivity contribution in [2.75, 3.05) is 0 Å². The summed E-state index contributed by atoms with van der Waals surface area (Å²) >= 11 is 0. The molecule has 0 saturated heterocycles. The van der Waals surface area contributed by atoms with Crippen LogP contribution in [0.4, 0.5) is 0 Å². The average molecular weight is 507 g/mol. The lowest BCUT2D eigenvalue weighted by atomic mass is 9.45. The largest absolute Gasteiger partial charge is 0.481 e. The second-order valence-corrected chi connectivity index (χ2v) is 12.8. The summed E-state index contributed by atoms with van der Waals surface area (Å²) in [5.74, 6) is 4.21. The summed E-state index contributed by atoms with van der Waals surface area (Å²) in [5.41, 5.74) is -0.0336. The third-order valence-electron chi connectivity index (χ3n) is 10.5. The summed E-state index contributed by atoms with van der Waals surface area (Å²) in [4.78, 5) is 24.8. The van der Waals surface area contributed by atoms with Crippen LogP contribution in [0.25, 0.3) is 0 Å². The van der Waals surface area contributed by atoms with Gasteiger partial charge in [-0.1, -0.05) is 94.9 Å². The third-order valence-corrected chi connectivity index (χ3v) is 10.5. The van der Waals surface area contributed by atoms with Crippen molar-refractivity contribution in [3.8, 4) is 0 Å². The van der Waals surface area contributed by atoms with E-state index in [1.807, 2.05) is 27.7 Å². The molecule has 0 aromatic heterocycles. The molecule has 212 valence electrons. The monoisotopic (exact) mass is 506 g/mol. The van der Waals surface area contributed by atoms with Crippen LogP contribution in [-0.2, 0) is 9.59 Å². The summed E-state index contributed by atoms with van der Waals surface area (Å²) in [7, 11) is 0. The quantitative estimate of drug-likeness (QED) is 0.321. The first-order valence-corrected chi connectivity index (χ1v) is 15.8. The molecule has 3 heteroatoms. The number of hydrogen-bond acceptors (Lipinski definition) is 2. The van der Waals surface area contributed by atoms with Crippen molar-refractivity contribution in [3.05, 3.63) is 0 Å². The molecule has 3 fully saturated rings. The van der Waals surface area contributed by atoms with E-state index < -0.39 is 11.4 Å². The van der Waals surface area contributed by atoms with E-state index in [0.29, 0.717) is 47.7 Å². The van der Waals surface area contributed by atoms with E-state index in [0.717, 1.165) is 37.0 Å². The second kappa shape index (κ2) is 14.9. The number of carbonyl (C=O) groups excluding carboxylic acids is 1. The number of carboxylic acid groups (broad SMARTS) is 1. The average Bonchev–Trinajstić information content (AvgIpc) is 3.20. The van der Waals surface area contributed by atoms with Gasteiger partial charge < -0.3 is 5.11 Å². The minimum atomic E-state index is -0.761. The minimum absolute atomic E-state index is 0.126. The number of carbonyl (C=O) groups is 2. The molecule has 0 heterocycles. The zero-order chi connectivity index (χ0) is 27.7. The van der Waals surface area contributed by atoms with Crippen LogP contribution in [0.15, 0.2) is 0 Å². The first-order chi connectivity index (χ1) is 17.0. The molecule has 8 atom stereocenters. The van der Waals surface area contributed by atoms with Gasteiger partial charge in [-0.25, -0.2) is 0 Å². The van der Waals surface area contributed by atoms with E-state index in [4.69, 9.17) is 0 Å². The van der Waals surface area contributed by atoms with E-state index in [1.54, 1.807) is 0 Å². The van der Waals surface area contributed by atoms with E-state index in [1.165, 1.54) is 38.5 Å². The number of carboxylic acids is 1. The summed E-state index contributed by atoms with van der Waals surface area (Å²) in [5, 5.41) is 9.36. The van der Waals surface area contributed by atoms with Gasteiger partial charge in [0.05, 0.1) is 0 Å². The van der Waals surface area contributed by atoms with Crippen LogP contribution in [0.1, 0.15) is 146 Å². The van der Waals surface area contributed by atoms with E-state index in [2.05, 4.69) is 41.5 Å². The molecule has 0 amide bonds. The molecule has 3 aliphatic rings. The van der Waals surface area contributed by atoms with Gasteiger partial charge in [0.2, 0.25) is 0 Å². The summed E-state index contributed by atoms with van der Waals surface area (Å²) in [6.45, 7) is 22.2. The van der Waals surface area contributed by atoms with E-state index in [9.17, 15) is 14.7 Å². The fourth-order valence-corrected chi connectivity index (χ4v) is 8.79. The SMILES string of the molecule is CC.CC.CCCC1CC(=O)[C@](C)(CCC(=O)O)C2CC[C@]3(C)C(C(C)CCCC(C)C)CCC3C12. The molecule has 0 aliphatic heterocycles. The number of hydrogen-bond donors (Lipinski definition) is 1. The van der Waals surface area contributed by atoms with Crippen LogP contribution in [0.3, 0.4) is 0 Å². The molecule has 0 radical (unpaired) electrons. The molecule has 6 unspecified atom stereocenters. The topological polar surface area (TPSA) is 54.4 Å². The fraction of sp³-hybridized carbons (Fsp3) is 0.939. The molecular formula is C33H62O3. The first kappa shape index (κ1) is 33.2. The Kier molecular flexibility index (Phi) is 13.7. The van der Waals surface area contributed by atoms with Gasteiger partial charge in [-0.05, 0) is 85.4 Å². The van der Waals surface area contributed by atoms with Crippen LogP contribution in [-0.4, -0.2) is 16.9 Å². The highest BCUT2D eigenvalue weighted by Gasteiger charge is 2.62. The lowest BCUT2D eigenvalue weighted by Gasteiger charge is -2.59. The van der Waals surface area contributed by atoms with Crippen LogP contribution < -0.4 is 0 Å². The fourth-order valence-electron chi connectivity index (χ4n) is 8.79. The Morgan fingerprint density at radius 3 is 2.19 bits per heavy atom. The highest BCUT2D eigenvalue weighted by Crippen LogP contribution is 2.67. The van der Waals surface area contributed by atoms with E-state index >= 15 is 0 Å². The molecule has 3 saturated carbocycles. The van der Waals surface area contributed by atoms with Gasteiger partial charge in [0, 0.05) is 18.3 Å². The van der Waals surface area contributed by atoms with Crippen molar-refractivity contribution in [1.29, 1.82) is 0 Å². The van der Waals surface area contributed by atoms with Crippen LogP contribution in [0, 0.1) is 52.3 Å². The minimum Gasteiger partial charge on any atom is -0.481 e. The Labute approximate surface area is 225 Å². The van der Waals surface area contributed by atoms with Crippen molar-refractivity contribution in [3.63, 3.8) is 0 Å². The number of ketones is 1. The summed E-state index contributed by atoms with van der Waals surface area (Å²) < 4.78 is 0. The van der Waals surface area contributed by atoms with Crippen molar-refractivity contribution < 1.29 is 14.7 Å². The first-order valence-electron chi connectivity index (χ1n) is 15.8. The second-order valence-electron chi connectivity index (χ2n) is 12.8. The molecule has 3 aliphatic carbocycles. The molecule has 0 aromatic rings. The van der Waals surface area contributed by atoms with Gasteiger partial charge in [-0.2, -0.15) is 0 Å². The maximum atomic E-state index is 13.4. The molecule has 3 nitrogen and oxygen atoms in total. The lowest BCUT2D eigenvalue weighted by Crippen LogP contribution is -2.55. The van der Waals surface area contributed by atoms with Gasteiger partial charge in [0.25, 0.3) is 0 Å². The lowest BCUT2D eigenvalue weighted by molar-refractivity contribution is -0.155. The molecule has 1 N–H and O–H groups in total. The predicted octanol–water partition coefficient (Wildman–Crippen LogP) is 9.82. The van der Waals surface area contributed by atoms with Gasteiger partial charge in [-0.15, -0.1) is 0 Å². The zero-order valence-corrected chi connectivity index (χ0v) is 25.8. The van der Waals surface area contributed by atoms with Crippen LogP contribution in [0.5, 0.6) is 0 Å². The Hall–Kier alpha value is -0.860. The molecule has 0 bridgehead atoms. The van der Waals surface area contributed by atoms with Gasteiger partial charge >= 0.3 is 5.97 Å². The number of aliphatic carboxylic acids is 1. The molecule has 36 heavy (non-hydrogen) atoms. The Balaban J connectivity index is 0.00000154. The molecule has 3 rings (SSSR count). The van der Waals surface area contributed by atoms with Crippen LogP contribution >= 0.6 is 0 Å². The number of Topliss-reactive ketones (excluding diaryl/α,β-unsaturated/α-hetero) is 1. The van der Waals surface area contributed by atoms with Crippen molar-refractivity contribution in [2.24, 2.45) is 52.3 Å². The van der Waals surface area contributed by atoms with Gasteiger partial charge in [0.15, 0.2) is 0 Å². The van der Waals surface area contributed by atoms with Crippen molar-refractivity contribution in [1.82, 2.24) is 0 Å².